The van der Waals surface area contributed by atoms with Gasteiger partial charge in [-0.05, 0) is 31.4 Å². The monoisotopic (exact) mass is 180 g/mol. The molecule has 3 heteroatoms. The standard InChI is InChI=1S/C10H12O3/c1-6-4-9(7-2-3-7)13-8(6)5-10(11)12/h4,7H,2-3,5H2,1H3,(H,11,12). The molecular formula is C10H12O3. The van der Waals surface area contributed by atoms with Crippen molar-refractivity contribution in [3.63, 3.8) is 0 Å². The molecule has 1 heterocycles. The quantitative estimate of drug-likeness (QED) is 0.774. The Morgan fingerprint density at radius 1 is 1.69 bits per heavy atom. The summed E-state index contributed by atoms with van der Waals surface area (Å²) in [5.41, 5.74) is 0.962. The number of rotatable bonds is 3. The van der Waals surface area contributed by atoms with Crippen molar-refractivity contribution in [3.05, 3.63) is 23.2 Å². The molecule has 0 unspecified atom stereocenters. The molecule has 2 rings (SSSR count). The molecule has 13 heavy (non-hydrogen) atoms. The minimum absolute atomic E-state index is 0.00144. The van der Waals surface area contributed by atoms with E-state index in [-0.39, 0.29) is 6.42 Å². The molecule has 0 bridgehead atoms. The van der Waals surface area contributed by atoms with Gasteiger partial charge in [0.15, 0.2) is 0 Å². The molecule has 1 aliphatic carbocycles. The summed E-state index contributed by atoms with van der Waals surface area (Å²) < 4.78 is 5.47. The largest absolute Gasteiger partial charge is 0.481 e. The van der Waals surface area contributed by atoms with E-state index in [0.29, 0.717) is 11.7 Å². The van der Waals surface area contributed by atoms with Crippen LogP contribution in [0.15, 0.2) is 10.5 Å². The lowest BCUT2D eigenvalue weighted by atomic mass is 10.2. The Morgan fingerprint density at radius 2 is 2.38 bits per heavy atom. The van der Waals surface area contributed by atoms with Crippen LogP contribution in [0.5, 0.6) is 0 Å². The maximum absolute atomic E-state index is 10.5. The van der Waals surface area contributed by atoms with Crippen molar-refractivity contribution in [2.24, 2.45) is 0 Å². The molecule has 0 amide bonds. The molecule has 0 radical (unpaired) electrons. The van der Waals surface area contributed by atoms with Crippen molar-refractivity contribution in [2.45, 2.75) is 32.1 Å². The van der Waals surface area contributed by atoms with E-state index >= 15 is 0 Å². The topological polar surface area (TPSA) is 50.4 Å². The number of furan rings is 1. The summed E-state index contributed by atoms with van der Waals surface area (Å²) in [4.78, 5) is 10.5. The first-order valence-electron chi connectivity index (χ1n) is 4.48. The molecule has 1 saturated carbocycles. The fourth-order valence-corrected chi connectivity index (χ4v) is 1.43. The summed E-state index contributed by atoms with van der Waals surface area (Å²) >= 11 is 0. The Balaban J connectivity index is 2.19. The second kappa shape index (κ2) is 2.91. The van der Waals surface area contributed by atoms with Crippen molar-refractivity contribution < 1.29 is 14.3 Å². The molecule has 1 N–H and O–H groups in total. The minimum Gasteiger partial charge on any atom is -0.481 e. The zero-order valence-corrected chi connectivity index (χ0v) is 7.54. The third-order valence-electron chi connectivity index (χ3n) is 2.33. The van der Waals surface area contributed by atoms with Crippen LogP contribution in [-0.4, -0.2) is 11.1 Å². The SMILES string of the molecule is Cc1cc(C2CC2)oc1CC(=O)O. The third-order valence-corrected chi connectivity index (χ3v) is 2.33. The van der Waals surface area contributed by atoms with Crippen LogP contribution in [0.3, 0.4) is 0 Å². The molecule has 3 nitrogen and oxygen atoms in total. The molecule has 0 atom stereocenters. The molecule has 1 aromatic heterocycles. The van der Waals surface area contributed by atoms with Crippen LogP contribution in [0.4, 0.5) is 0 Å². The van der Waals surface area contributed by atoms with Gasteiger partial charge in [-0.25, -0.2) is 0 Å². The van der Waals surface area contributed by atoms with Crippen LogP contribution in [0, 0.1) is 6.92 Å². The highest BCUT2D eigenvalue weighted by Crippen LogP contribution is 2.41. The van der Waals surface area contributed by atoms with Crippen LogP contribution in [0.25, 0.3) is 0 Å². The molecule has 70 valence electrons. The van der Waals surface area contributed by atoms with E-state index in [9.17, 15) is 4.79 Å². The van der Waals surface area contributed by atoms with Crippen molar-refractivity contribution in [1.82, 2.24) is 0 Å². The Labute approximate surface area is 76.4 Å². The maximum Gasteiger partial charge on any atom is 0.311 e. The molecule has 0 aromatic carbocycles. The highest BCUT2D eigenvalue weighted by molar-refractivity contribution is 5.69. The zero-order chi connectivity index (χ0) is 9.42. The average Bonchev–Trinajstić information content (AvgIpc) is 2.79. The predicted octanol–water partition coefficient (Wildman–Crippen LogP) is 2.09. The first-order valence-corrected chi connectivity index (χ1v) is 4.48. The van der Waals surface area contributed by atoms with Gasteiger partial charge < -0.3 is 9.52 Å². The van der Waals surface area contributed by atoms with Gasteiger partial charge in [0.2, 0.25) is 0 Å². The molecular weight excluding hydrogens is 168 g/mol. The van der Waals surface area contributed by atoms with Crippen molar-refractivity contribution in [2.75, 3.05) is 0 Å². The smallest absolute Gasteiger partial charge is 0.311 e. The molecule has 1 aromatic rings. The summed E-state index contributed by atoms with van der Waals surface area (Å²) in [5.74, 6) is 1.30. The van der Waals surface area contributed by atoms with Crippen LogP contribution in [0.1, 0.15) is 35.8 Å². The number of aliphatic carboxylic acids is 1. The Hall–Kier alpha value is -1.25. The fraction of sp³-hybridized carbons (Fsp3) is 0.500. The predicted molar refractivity (Wildman–Crippen MR) is 46.8 cm³/mol. The molecule has 1 aliphatic rings. The number of aryl methyl sites for hydroxylation is 1. The lowest BCUT2D eigenvalue weighted by molar-refractivity contribution is -0.136. The van der Waals surface area contributed by atoms with Crippen LogP contribution >= 0.6 is 0 Å². The van der Waals surface area contributed by atoms with Gasteiger partial charge >= 0.3 is 5.97 Å². The summed E-state index contributed by atoms with van der Waals surface area (Å²) in [6.07, 6.45) is 2.36. The van der Waals surface area contributed by atoms with Gasteiger partial charge in [-0.2, -0.15) is 0 Å². The van der Waals surface area contributed by atoms with E-state index in [1.54, 1.807) is 0 Å². The number of hydrogen-bond acceptors (Lipinski definition) is 2. The van der Waals surface area contributed by atoms with Crippen LogP contribution < -0.4 is 0 Å². The van der Waals surface area contributed by atoms with E-state index in [4.69, 9.17) is 9.52 Å². The van der Waals surface area contributed by atoms with Gasteiger partial charge in [-0.3, -0.25) is 4.79 Å². The zero-order valence-electron chi connectivity index (χ0n) is 7.54. The van der Waals surface area contributed by atoms with Crippen LogP contribution in [0.2, 0.25) is 0 Å². The van der Waals surface area contributed by atoms with Crippen molar-refractivity contribution in [1.29, 1.82) is 0 Å². The van der Waals surface area contributed by atoms with E-state index in [2.05, 4.69) is 0 Å². The van der Waals surface area contributed by atoms with Gasteiger partial charge in [0, 0.05) is 5.92 Å². The summed E-state index contributed by atoms with van der Waals surface area (Å²) in [5, 5.41) is 8.59. The van der Waals surface area contributed by atoms with E-state index in [1.807, 2.05) is 13.0 Å². The lowest BCUT2D eigenvalue weighted by Crippen LogP contribution is -1.99. The second-order valence-electron chi connectivity index (χ2n) is 3.60. The molecule has 0 aliphatic heterocycles. The van der Waals surface area contributed by atoms with E-state index in [0.717, 1.165) is 11.3 Å². The van der Waals surface area contributed by atoms with Gasteiger partial charge in [0.25, 0.3) is 0 Å². The third kappa shape index (κ3) is 1.74. The number of carboxylic acids is 1. The first-order chi connectivity index (χ1) is 6.16. The number of hydrogen-bond donors (Lipinski definition) is 1. The second-order valence-corrected chi connectivity index (χ2v) is 3.60. The molecule has 1 fully saturated rings. The Morgan fingerprint density at radius 3 is 2.92 bits per heavy atom. The normalized spacial score (nSPS) is 16.1. The Bertz CT molecular complexity index is 334. The fourth-order valence-electron chi connectivity index (χ4n) is 1.43. The van der Waals surface area contributed by atoms with Crippen LogP contribution in [-0.2, 0) is 11.2 Å². The van der Waals surface area contributed by atoms with Crippen molar-refractivity contribution >= 4 is 5.97 Å². The number of carboxylic acid groups (broad SMARTS) is 1. The van der Waals surface area contributed by atoms with Crippen molar-refractivity contribution in [3.8, 4) is 0 Å². The molecule has 0 spiro atoms. The van der Waals surface area contributed by atoms with Gasteiger partial charge in [-0.15, -0.1) is 0 Å². The van der Waals surface area contributed by atoms with E-state index < -0.39 is 5.97 Å². The Kier molecular flexibility index (Phi) is 1.87. The lowest BCUT2D eigenvalue weighted by Gasteiger charge is -1.92. The first kappa shape index (κ1) is 8.35. The van der Waals surface area contributed by atoms with Gasteiger partial charge in [0.1, 0.15) is 17.9 Å². The molecule has 0 saturated heterocycles. The highest BCUT2D eigenvalue weighted by Gasteiger charge is 2.28. The summed E-state index contributed by atoms with van der Waals surface area (Å²) in [6, 6.07) is 1.97. The highest BCUT2D eigenvalue weighted by atomic mass is 16.4. The number of carbonyl (C=O) groups is 1. The minimum atomic E-state index is -0.834. The van der Waals surface area contributed by atoms with E-state index in [1.165, 1.54) is 12.8 Å². The average molecular weight is 180 g/mol. The maximum atomic E-state index is 10.5. The van der Waals surface area contributed by atoms with Gasteiger partial charge in [0.05, 0.1) is 0 Å². The summed E-state index contributed by atoms with van der Waals surface area (Å²) in [7, 11) is 0. The summed E-state index contributed by atoms with van der Waals surface area (Å²) in [6.45, 7) is 1.90. The van der Waals surface area contributed by atoms with Gasteiger partial charge in [-0.1, -0.05) is 0 Å².